The summed E-state index contributed by atoms with van der Waals surface area (Å²) in [5.74, 6) is 0.156. The number of hydrogen-bond donors (Lipinski definition) is 1. The maximum absolute atomic E-state index is 11.1. The maximum Gasteiger partial charge on any atom is 0.234 e. The van der Waals surface area contributed by atoms with Crippen LogP contribution < -0.4 is 5.32 Å². The fourth-order valence-electron chi connectivity index (χ4n) is 1.99. The van der Waals surface area contributed by atoms with E-state index < -0.39 is 0 Å². The fourth-order valence-corrected chi connectivity index (χ4v) is 1.99. The number of hydrogen-bond acceptors (Lipinski definition) is 4. The summed E-state index contributed by atoms with van der Waals surface area (Å²) in [5, 5.41) is 2.84. The highest BCUT2D eigenvalue weighted by atomic mass is 16.5. The molecule has 5 heteroatoms. The van der Waals surface area contributed by atoms with E-state index in [1.165, 1.54) is 0 Å². The molecule has 0 spiro atoms. The van der Waals surface area contributed by atoms with E-state index in [4.69, 9.17) is 4.74 Å². The minimum Gasteiger partial charge on any atom is -0.379 e. The topological polar surface area (TPSA) is 44.8 Å². The monoisotopic (exact) mass is 213 g/mol. The summed E-state index contributed by atoms with van der Waals surface area (Å²) in [7, 11) is 0. The molecule has 86 valence electrons. The van der Waals surface area contributed by atoms with Crippen LogP contribution in [0.25, 0.3) is 0 Å². The molecule has 0 saturated carbocycles. The maximum atomic E-state index is 11.1. The molecule has 5 nitrogen and oxygen atoms in total. The van der Waals surface area contributed by atoms with Crippen LogP contribution in [0.4, 0.5) is 0 Å². The summed E-state index contributed by atoms with van der Waals surface area (Å²) in [6.45, 7) is 8.13. The van der Waals surface area contributed by atoms with Crippen molar-refractivity contribution < 1.29 is 9.53 Å². The Kier molecular flexibility index (Phi) is 3.94. The van der Waals surface area contributed by atoms with Crippen molar-refractivity contribution in [3.8, 4) is 0 Å². The molecule has 15 heavy (non-hydrogen) atoms. The van der Waals surface area contributed by atoms with Crippen molar-refractivity contribution in [3.63, 3.8) is 0 Å². The van der Waals surface area contributed by atoms with Gasteiger partial charge in [0.2, 0.25) is 5.91 Å². The molecular weight excluding hydrogens is 194 g/mol. The van der Waals surface area contributed by atoms with Gasteiger partial charge in [-0.2, -0.15) is 0 Å². The second-order valence-electron chi connectivity index (χ2n) is 4.08. The van der Waals surface area contributed by atoms with Crippen LogP contribution in [0.5, 0.6) is 0 Å². The van der Waals surface area contributed by atoms with E-state index >= 15 is 0 Å². The predicted octanol–water partition coefficient (Wildman–Crippen LogP) is -1.25. The Labute approximate surface area is 90.4 Å². The van der Waals surface area contributed by atoms with Gasteiger partial charge in [0.25, 0.3) is 0 Å². The molecule has 1 N–H and O–H groups in total. The molecule has 2 heterocycles. The third-order valence-electron chi connectivity index (χ3n) is 2.95. The van der Waals surface area contributed by atoms with Crippen molar-refractivity contribution >= 4 is 5.91 Å². The lowest BCUT2D eigenvalue weighted by molar-refractivity contribution is -0.124. The second kappa shape index (κ2) is 5.44. The van der Waals surface area contributed by atoms with Crippen LogP contribution in [-0.2, 0) is 9.53 Å². The van der Waals surface area contributed by atoms with Crippen LogP contribution in [0.1, 0.15) is 0 Å². The molecule has 0 radical (unpaired) electrons. The van der Waals surface area contributed by atoms with Crippen LogP contribution in [0.15, 0.2) is 0 Å². The third kappa shape index (κ3) is 3.44. The van der Waals surface area contributed by atoms with Crippen LogP contribution in [-0.4, -0.2) is 74.7 Å². The Balaban J connectivity index is 1.65. The average Bonchev–Trinajstić information content (AvgIpc) is 2.28. The smallest absolute Gasteiger partial charge is 0.234 e. The van der Waals surface area contributed by atoms with Gasteiger partial charge >= 0.3 is 0 Å². The molecule has 0 atom stereocenters. The molecule has 2 aliphatic heterocycles. The first-order valence-corrected chi connectivity index (χ1v) is 5.64. The molecule has 2 aliphatic rings. The number of nitrogens with one attached hydrogen (secondary N) is 1. The van der Waals surface area contributed by atoms with E-state index in [0.29, 0.717) is 6.54 Å². The first kappa shape index (κ1) is 10.9. The standard InChI is InChI=1S/C10H19N3O2/c14-10-9-13(2-1-11-10)4-3-12-5-7-15-8-6-12/h1-9H2,(H,11,14). The zero-order valence-electron chi connectivity index (χ0n) is 9.07. The van der Waals surface area contributed by atoms with Crippen molar-refractivity contribution in [2.75, 3.05) is 59.0 Å². The van der Waals surface area contributed by atoms with Crippen LogP contribution in [0.2, 0.25) is 0 Å². The summed E-state index contributed by atoms with van der Waals surface area (Å²) in [6.07, 6.45) is 0. The van der Waals surface area contributed by atoms with Crippen molar-refractivity contribution in [3.05, 3.63) is 0 Å². The van der Waals surface area contributed by atoms with Crippen molar-refractivity contribution in [1.82, 2.24) is 15.1 Å². The summed E-state index contributed by atoms with van der Waals surface area (Å²) >= 11 is 0. The molecular formula is C10H19N3O2. The highest BCUT2D eigenvalue weighted by Crippen LogP contribution is 1.98. The molecule has 0 aromatic carbocycles. The Morgan fingerprint density at radius 1 is 1.13 bits per heavy atom. The Hall–Kier alpha value is -0.650. The first-order chi connectivity index (χ1) is 7.34. The number of amides is 1. The Morgan fingerprint density at radius 3 is 2.60 bits per heavy atom. The van der Waals surface area contributed by atoms with Gasteiger partial charge < -0.3 is 10.1 Å². The highest BCUT2D eigenvalue weighted by molar-refractivity contribution is 5.78. The lowest BCUT2D eigenvalue weighted by atomic mass is 10.3. The predicted molar refractivity (Wildman–Crippen MR) is 56.7 cm³/mol. The molecule has 2 fully saturated rings. The summed E-state index contributed by atoms with van der Waals surface area (Å²) < 4.78 is 5.29. The van der Waals surface area contributed by atoms with Crippen LogP contribution in [0.3, 0.4) is 0 Å². The Morgan fingerprint density at radius 2 is 1.87 bits per heavy atom. The molecule has 1 amide bonds. The van der Waals surface area contributed by atoms with E-state index in [-0.39, 0.29) is 5.91 Å². The number of nitrogens with zero attached hydrogens (tertiary/aromatic N) is 2. The van der Waals surface area contributed by atoms with Crippen molar-refractivity contribution in [2.45, 2.75) is 0 Å². The quantitative estimate of drug-likeness (QED) is 0.636. The number of rotatable bonds is 3. The largest absolute Gasteiger partial charge is 0.379 e. The van der Waals surface area contributed by atoms with E-state index in [1.54, 1.807) is 0 Å². The molecule has 0 aliphatic carbocycles. The van der Waals surface area contributed by atoms with Crippen LogP contribution in [0, 0.1) is 0 Å². The third-order valence-corrected chi connectivity index (χ3v) is 2.95. The summed E-state index contributed by atoms with van der Waals surface area (Å²) in [6, 6.07) is 0. The average molecular weight is 213 g/mol. The minimum atomic E-state index is 0.156. The van der Waals surface area contributed by atoms with Gasteiger partial charge in [-0.15, -0.1) is 0 Å². The summed E-state index contributed by atoms with van der Waals surface area (Å²) in [5.41, 5.74) is 0. The Bertz CT molecular complexity index is 217. The number of ether oxygens (including phenoxy) is 1. The van der Waals surface area contributed by atoms with Gasteiger partial charge in [0.05, 0.1) is 19.8 Å². The molecule has 2 rings (SSSR count). The normalized spacial score (nSPS) is 25.2. The summed E-state index contributed by atoms with van der Waals surface area (Å²) in [4.78, 5) is 15.8. The first-order valence-electron chi connectivity index (χ1n) is 5.64. The number of carbonyl (C=O) groups excluding carboxylic acids is 1. The van der Waals surface area contributed by atoms with Gasteiger partial charge in [-0.1, -0.05) is 0 Å². The molecule has 0 aromatic rings. The fraction of sp³-hybridized carbons (Fsp3) is 0.900. The van der Waals surface area contributed by atoms with Gasteiger partial charge in [0.15, 0.2) is 0 Å². The highest BCUT2D eigenvalue weighted by Gasteiger charge is 2.17. The van der Waals surface area contributed by atoms with E-state index in [2.05, 4.69) is 15.1 Å². The van der Waals surface area contributed by atoms with Gasteiger partial charge in [-0.25, -0.2) is 0 Å². The van der Waals surface area contributed by atoms with Gasteiger partial charge in [-0.05, 0) is 0 Å². The molecule has 0 unspecified atom stereocenters. The lowest BCUT2D eigenvalue weighted by Gasteiger charge is -2.31. The van der Waals surface area contributed by atoms with Gasteiger partial charge in [0.1, 0.15) is 0 Å². The number of morpholine rings is 1. The van der Waals surface area contributed by atoms with E-state index in [0.717, 1.165) is 52.5 Å². The lowest BCUT2D eigenvalue weighted by Crippen LogP contribution is -2.50. The number of piperazine rings is 1. The van der Waals surface area contributed by atoms with Crippen LogP contribution >= 0.6 is 0 Å². The molecule has 2 saturated heterocycles. The van der Waals surface area contributed by atoms with E-state index in [9.17, 15) is 4.79 Å². The SMILES string of the molecule is O=C1CN(CCN2CCOCC2)CCN1. The van der Waals surface area contributed by atoms with Crippen molar-refractivity contribution in [2.24, 2.45) is 0 Å². The van der Waals surface area contributed by atoms with Crippen molar-refractivity contribution in [1.29, 1.82) is 0 Å². The zero-order valence-corrected chi connectivity index (χ0v) is 9.07. The zero-order chi connectivity index (χ0) is 10.5. The van der Waals surface area contributed by atoms with Gasteiger partial charge in [-0.3, -0.25) is 14.6 Å². The van der Waals surface area contributed by atoms with E-state index in [1.807, 2.05) is 0 Å². The minimum absolute atomic E-state index is 0.156. The van der Waals surface area contributed by atoms with Gasteiger partial charge in [0, 0.05) is 39.3 Å². The number of carbonyl (C=O) groups is 1. The molecule has 0 bridgehead atoms. The molecule has 0 aromatic heterocycles. The second-order valence-corrected chi connectivity index (χ2v) is 4.08.